The van der Waals surface area contributed by atoms with Crippen LogP contribution >= 0.6 is 0 Å². The first kappa shape index (κ1) is 24.5. The van der Waals surface area contributed by atoms with Crippen LogP contribution in [0.2, 0.25) is 0 Å². The lowest BCUT2D eigenvalue weighted by molar-refractivity contribution is 0.0685. The van der Waals surface area contributed by atoms with Crippen molar-refractivity contribution in [1.82, 2.24) is 0 Å². The van der Waals surface area contributed by atoms with E-state index in [4.69, 9.17) is 14.6 Å². The van der Waals surface area contributed by atoms with Gasteiger partial charge in [0, 0.05) is 12.0 Å². The van der Waals surface area contributed by atoms with Gasteiger partial charge in [-0.05, 0) is 59.5 Å². The van der Waals surface area contributed by atoms with E-state index >= 15 is 0 Å². The minimum atomic E-state index is -0.994. The minimum Gasteiger partial charge on any atom is -0.490 e. The second-order valence-corrected chi connectivity index (χ2v) is 8.22. The van der Waals surface area contributed by atoms with E-state index in [1.165, 1.54) is 12.1 Å². The van der Waals surface area contributed by atoms with Crippen molar-refractivity contribution in [2.24, 2.45) is 0 Å². The van der Waals surface area contributed by atoms with Crippen LogP contribution in [0.4, 0.5) is 0 Å². The van der Waals surface area contributed by atoms with E-state index in [9.17, 15) is 14.7 Å². The molecule has 0 bridgehead atoms. The van der Waals surface area contributed by atoms with E-state index in [0.717, 1.165) is 22.3 Å². The molecule has 0 amide bonds. The highest BCUT2D eigenvalue weighted by atomic mass is 16.5. The predicted molar refractivity (Wildman–Crippen MR) is 136 cm³/mol. The first-order valence-electron chi connectivity index (χ1n) is 11.6. The second kappa shape index (κ2) is 11.7. The van der Waals surface area contributed by atoms with Gasteiger partial charge < -0.3 is 19.7 Å². The van der Waals surface area contributed by atoms with Gasteiger partial charge >= 0.3 is 11.9 Å². The highest BCUT2D eigenvalue weighted by Gasteiger charge is 2.19. The molecule has 0 unspecified atom stereocenters. The average Bonchev–Trinajstić information content (AvgIpc) is 2.89. The summed E-state index contributed by atoms with van der Waals surface area (Å²) >= 11 is 0. The zero-order valence-corrected chi connectivity index (χ0v) is 19.6. The topological polar surface area (TPSA) is 93.1 Å². The van der Waals surface area contributed by atoms with Crippen LogP contribution < -0.4 is 9.47 Å². The van der Waals surface area contributed by atoms with Gasteiger partial charge in [-0.25, -0.2) is 9.59 Å². The fraction of sp³-hybridized carbons (Fsp3) is 0.133. The van der Waals surface area contributed by atoms with Crippen molar-refractivity contribution in [3.05, 3.63) is 130 Å². The zero-order chi connectivity index (χ0) is 25.3. The van der Waals surface area contributed by atoms with Gasteiger partial charge in [-0.2, -0.15) is 0 Å². The SMILES string of the molecule is O=C(O)c1ccc(OCCOc2ccc(C(=O)O)c(Cc3ccccc3)c2Cc2ccccc2)cc1. The Bertz CT molecular complexity index is 1320. The van der Waals surface area contributed by atoms with Gasteiger partial charge in [0.05, 0.1) is 11.1 Å². The van der Waals surface area contributed by atoms with Gasteiger partial charge in [0.25, 0.3) is 0 Å². The summed E-state index contributed by atoms with van der Waals surface area (Å²) in [5.41, 5.74) is 4.06. The van der Waals surface area contributed by atoms with Crippen LogP contribution in [0.1, 0.15) is 43.0 Å². The number of hydrogen-bond acceptors (Lipinski definition) is 4. The fourth-order valence-corrected chi connectivity index (χ4v) is 4.01. The van der Waals surface area contributed by atoms with E-state index in [1.54, 1.807) is 24.3 Å². The second-order valence-electron chi connectivity index (χ2n) is 8.22. The van der Waals surface area contributed by atoms with Crippen molar-refractivity contribution in [3.63, 3.8) is 0 Å². The smallest absolute Gasteiger partial charge is 0.335 e. The Labute approximate surface area is 209 Å². The zero-order valence-electron chi connectivity index (χ0n) is 19.6. The number of carbonyl (C=O) groups is 2. The third-order valence-electron chi connectivity index (χ3n) is 5.78. The summed E-state index contributed by atoms with van der Waals surface area (Å²) in [7, 11) is 0. The van der Waals surface area contributed by atoms with Gasteiger partial charge in [0.15, 0.2) is 0 Å². The Balaban J connectivity index is 1.58. The Morgan fingerprint density at radius 2 is 1.14 bits per heavy atom. The monoisotopic (exact) mass is 482 g/mol. The molecule has 4 rings (SSSR count). The molecule has 0 fully saturated rings. The molecule has 0 aliphatic heterocycles. The van der Waals surface area contributed by atoms with Crippen molar-refractivity contribution >= 4 is 11.9 Å². The number of hydrogen-bond donors (Lipinski definition) is 2. The van der Waals surface area contributed by atoms with E-state index < -0.39 is 11.9 Å². The molecule has 2 N–H and O–H groups in total. The summed E-state index contributed by atoms with van der Waals surface area (Å²) in [4.78, 5) is 23.1. The molecule has 0 aliphatic carbocycles. The van der Waals surface area contributed by atoms with Crippen LogP contribution in [0.25, 0.3) is 0 Å². The Hall–Kier alpha value is -4.58. The van der Waals surface area contributed by atoms with Crippen molar-refractivity contribution in [3.8, 4) is 11.5 Å². The van der Waals surface area contributed by atoms with Crippen LogP contribution in [0.3, 0.4) is 0 Å². The number of rotatable bonds is 11. The van der Waals surface area contributed by atoms with E-state index in [0.29, 0.717) is 24.3 Å². The Morgan fingerprint density at radius 3 is 1.69 bits per heavy atom. The molecule has 0 heterocycles. The molecule has 0 saturated heterocycles. The van der Waals surface area contributed by atoms with Gasteiger partial charge in [-0.1, -0.05) is 60.7 Å². The highest BCUT2D eigenvalue weighted by Crippen LogP contribution is 2.31. The maximum absolute atomic E-state index is 12.1. The van der Waals surface area contributed by atoms with Crippen LogP contribution in [0, 0.1) is 0 Å². The van der Waals surface area contributed by atoms with Crippen molar-refractivity contribution in [2.75, 3.05) is 13.2 Å². The van der Waals surface area contributed by atoms with Crippen molar-refractivity contribution < 1.29 is 29.3 Å². The maximum Gasteiger partial charge on any atom is 0.335 e. The van der Waals surface area contributed by atoms with Gasteiger partial charge in [-0.3, -0.25) is 0 Å². The lowest BCUT2D eigenvalue weighted by Gasteiger charge is -2.19. The lowest BCUT2D eigenvalue weighted by atomic mass is 9.90. The van der Waals surface area contributed by atoms with E-state index in [1.807, 2.05) is 60.7 Å². The Kier molecular flexibility index (Phi) is 7.98. The maximum atomic E-state index is 12.1. The molecule has 4 aromatic carbocycles. The molecule has 36 heavy (non-hydrogen) atoms. The molecule has 0 aromatic heterocycles. The number of carboxylic acids is 2. The normalized spacial score (nSPS) is 10.6. The standard InChI is InChI=1S/C30H26O6/c31-29(32)23-11-13-24(14-12-23)35-17-18-36-28-16-15-25(30(33)34)26(19-21-7-3-1-4-8-21)27(28)20-22-9-5-2-6-10-22/h1-16H,17-20H2,(H,31,32)(H,33,34). The molecular weight excluding hydrogens is 456 g/mol. The Morgan fingerprint density at radius 1 is 0.583 bits per heavy atom. The minimum absolute atomic E-state index is 0.189. The molecule has 6 heteroatoms. The number of carboxylic acid groups (broad SMARTS) is 2. The molecule has 0 aliphatic rings. The third kappa shape index (κ3) is 6.30. The van der Waals surface area contributed by atoms with Crippen LogP contribution in [0.15, 0.2) is 97.1 Å². The first-order valence-corrected chi connectivity index (χ1v) is 11.6. The molecule has 0 radical (unpaired) electrons. The van der Waals surface area contributed by atoms with Crippen LogP contribution in [0.5, 0.6) is 11.5 Å². The molecule has 0 spiro atoms. The van der Waals surface area contributed by atoms with Crippen molar-refractivity contribution in [2.45, 2.75) is 12.8 Å². The average molecular weight is 483 g/mol. The predicted octanol–water partition coefficient (Wildman–Crippen LogP) is 5.72. The quantitative estimate of drug-likeness (QED) is 0.266. The van der Waals surface area contributed by atoms with Gasteiger partial charge in [-0.15, -0.1) is 0 Å². The molecule has 182 valence electrons. The molecule has 6 nitrogen and oxygen atoms in total. The summed E-state index contributed by atoms with van der Waals surface area (Å²) in [5, 5.41) is 18.9. The highest BCUT2D eigenvalue weighted by molar-refractivity contribution is 5.90. The summed E-state index contributed by atoms with van der Waals surface area (Å²) in [6.07, 6.45) is 0.991. The first-order chi connectivity index (χ1) is 17.5. The summed E-state index contributed by atoms with van der Waals surface area (Å²) in [5.74, 6) is -0.819. The van der Waals surface area contributed by atoms with E-state index in [-0.39, 0.29) is 24.3 Å². The molecule has 0 atom stereocenters. The number of benzene rings is 4. The summed E-state index contributed by atoms with van der Waals surface area (Å²) < 4.78 is 11.8. The molecular formula is C30H26O6. The van der Waals surface area contributed by atoms with Crippen molar-refractivity contribution in [1.29, 1.82) is 0 Å². The molecule has 4 aromatic rings. The largest absolute Gasteiger partial charge is 0.490 e. The lowest BCUT2D eigenvalue weighted by Crippen LogP contribution is -2.13. The van der Waals surface area contributed by atoms with Crippen LogP contribution in [-0.2, 0) is 12.8 Å². The summed E-state index contributed by atoms with van der Waals surface area (Å²) in [6.45, 7) is 0.478. The third-order valence-corrected chi connectivity index (χ3v) is 5.78. The van der Waals surface area contributed by atoms with Gasteiger partial charge in [0.1, 0.15) is 24.7 Å². The summed E-state index contributed by atoms with van der Waals surface area (Å²) in [6, 6.07) is 29.1. The van der Waals surface area contributed by atoms with E-state index in [2.05, 4.69) is 0 Å². The van der Waals surface area contributed by atoms with Crippen LogP contribution in [-0.4, -0.2) is 35.4 Å². The van der Waals surface area contributed by atoms with Gasteiger partial charge in [0.2, 0.25) is 0 Å². The fourth-order valence-electron chi connectivity index (χ4n) is 4.01. The number of ether oxygens (including phenoxy) is 2. The molecule has 0 saturated carbocycles. The number of aromatic carboxylic acids is 2.